The van der Waals surface area contributed by atoms with Crippen LogP contribution in [0.5, 0.6) is 0 Å². The van der Waals surface area contributed by atoms with E-state index in [-0.39, 0.29) is 6.42 Å². The van der Waals surface area contributed by atoms with Crippen LogP contribution in [0.3, 0.4) is 0 Å². The minimum atomic E-state index is -4.03. The third-order valence-electron chi connectivity index (χ3n) is 2.61. The van der Waals surface area contributed by atoms with Crippen LogP contribution in [0.25, 0.3) is 0 Å². The van der Waals surface area contributed by atoms with E-state index in [0.29, 0.717) is 13.0 Å². The average Bonchev–Trinajstić information content (AvgIpc) is 2.26. The van der Waals surface area contributed by atoms with Gasteiger partial charge in [-0.05, 0) is 50.0 Å². The van der Waals surface area contributed by atoms with Crippen molar-refractivity contribution >= 4 is 5.69 Å². The molecule has 0 unspecified atom stereocenters. The van der Waals surface area contributed by atoms with Gasteiger partial charge >= 0.3 is 6.18 Å². The number of rotatable bonds is 7. The number of nitrogens with two attached hydrogens (primary N) is 1. The van der Waals surface area contributed by atoms with Gasteiger partial charge in [-0.15, -0.1) is 0 Å². The number of nitrogens with one attached hydrogen (secondary N) is 1. The Labute approximate surface area is 105 Å². The normalized spacial score (nSPS) is 11.7. The minimum absolute atomic E-state index is 0.189. The van der Waals surface area contributed by atoms with Crippen LogP contribution in [0.1, 0.15) is 24.8 Å². The molecule has 0 heterocycles. The Morgan fingerprint density at radius 2 is 1.89 bits per heavy atom. The third-order valence-corrected chi connectivity index (χ3v) is 2.61. The summed E-state index contributed by atoms with van der Waals surface area (Å²) in [5.41, 5.74) is 7.51. The van der Waals surface area contributed by atoms with Crippen molar-refractivity contribution in [2.75, 3.05) is 18.8 Å². The molecule has 5 heteroatoms. The van der Waals surface area contributed by atoms with Gasteiger partial charge in [0.1, 0.15) is 0 Å². The zero-order valence-corrected chi connectivity index (χ0v) is 10.3. The van der Waals surface area contributed by atoms with Crippen molar-refractivity contribution < 1.29 is 13.2 Å². The van der Waals surface area contributed by atoms with Crippen LogP contribution in [0.4, 0.5) is 18.9 Å². The van der Waals surface area contributed by atoms with E-state index >= 15 is 0 Å². The van der Waals surface area contributed by atoms with Crippen molar-refractivity contribution in [2.24, 2.45) is 0 Å². The Kier molecular flexibility index (Phi) is 5.98. The molecule has 0 radical (unpaired) electrons. The molecular weight excluding hydrogens is 241 g/mol. The smallest absolute Gasteiger partial charge is 0.389 e. The summed E-state index contributed by atoms with van der Waals surface area (Å²) in [5, 5.41) is 3.13. The summed E-state index contributed by atoms with van der Waals surface area (Å²) in [7, 11) is 0. The molecule has 0 aliphatic heterocycles. The Bertz CT molecular complexity index is 350. The van der Waals surface area contributed by atoms with Gasteiger partial charge in [0.25, 0.3) is 0 Å². The van der Waals surface area contributed by atoms with Crippen LogP contribution in [-0.2, 0) is 6.42 Å². The standard InChI is InChI=1S/C13H19F3N2/c14-13(15,16)7-1-2-8-18-9-6-11-4-3-5-12(17)10-11/h3-5,10,18H,1-2,6-9,17H2. The topological polar surface area (TPSA) is 38.0 Å². The molecule has 0 aliphatic rings. The number of benzene rings is 1. The second-order valence-electron chi connectivity index (χ2n) is 4.32. The quantitative estimate of drug-likeness (QED) is 0.584. The fraction of sp³-hybridized carbons (Fsp3) is 0.538. The molecule has 0 atom stereocenters. The van der Waals surface area contributed by atoms with Gasteiger partial charge in [-0.25, -0.2) is 0 Å². The molecule has 0 spiro atoms. The average molecular weight is 260 g/mol. The van der Waals surface area contributed by atoms with Crippen molar-refractivity contribution in [2.45, 2.75) is 31.9 Å². The van der Waals surface area contributed by atoms with Gasteiger partial charge in [-0.3, -0.25) is 0 Å². The lowest BCUT2D eigenvalue weighted by Crippen LogP contribution is -2.19. The van der Waals surface area contributed by atoms with Crippen molar-refractivity contribution in [3.8, 4) is 0 Å². The van der Waals surface area contributed by atoms with Crippen molar-refractivity contribution in [1.82, 2.24) is 5.32 Å². The predicted octanol–water partition coefficient (Wildman–Crippen LogP) is 3.13. The van der Waals surface area contributed by atoms with Crippen molar-refractivity contribution in [3.05, 3.63) is 29.8 Å². The third kappa shape index (κ3) is 7.17. The van der Waals surface area contributed by atoms with E-state index in [1.165, 1.54) is 0 Å². The lowest BCUT2D eigenvalue weighted by atomic mass is 10.1. The summed E-state index contributed by atoms with van der Waals surface area (Å²) in [6.07, 6.45) is -3.14. The van der Waals surface area contributed by atoms with Crippen LogP contribution in [0.2, 0.25) is 0 Å². The highest BCUT2D eigenvalue weighted by molar-refractivity contribution is 5.40. The molecule has 0 amide bonds. The highest BCUT2D eigenvalue weighted by Gasteiger charge is 2.25. The largest absolute Gasteiger partial charge is 0.399 e. The van der Waals surface area contributed by atoms with Crippen LogP contribution < -0.4 is 11.1 Å². The maximum atomic E-state index is 11.9. The Hall–Kier alpha value is -1.23. The van der Waals surface area contributed by atoms with Gasteiger partial charge in [0.05, 0.1) is 0 Å². The fourth-order valence-electron chi connectivity index (χ4n) is 1.68. The van der Waals surface area contributed by atoms with E-state index in [4.69, 9.17) is 5.73 Å². The van der Waals surface area contributed by atoms with Gasteiger partial charge in [0.15, 0.2) is 0 Å². The molecule has 102 valence electrons. The number of unbranched alkanes of at least 4 members (excludes halogenated alkanes) is 1. The first kappa shape index (κ1) is 14.8. The lowest BCUT2D eigenvalue weighted by Gasteiger charge is -2.07. The summed E-state index contributed by atoms with van der Waals surface area (Å²) in [5.74, 6) is 0. The molecule has 0 saturated carbocycles. The van der Waals surface area contributed by atoms with Gasteiger partial charge in [0.2, 0.25) is 0 Å². The first-order chi connectivity index (χ1) is 8.47. The number of anilines is 1. The van der Waals surface area contributed by atoms with E-state index in [1.54, 1.807) is 0 Å². The highest BCUT2D eigenvalue weighted by atomic mass is 19.4. The highest BCUT2D eigenvalue weighted by Crippen LogP contribution is 2.21. The van der Waals surface area contributed by atoms with Crippen LogP contribution in [0.15, 0.2) is 24.3 Å². The lowest BCUT2D eigenvalue weighted by molar-refractivity contribution is -0.135. The molecule has 1 rings (SSSR count). The maximum absolute atomic E-state index is 11.9. The van der Waals surface area contributed by atoms with E-state index in [0.717, 1.165) is 24.2 Å². The van der Waals surface area contributed by atoms with Crippen molar-refractivity contribution in [3.63, 3.8) is 0 Å². The summed E-state index contributed by atoms with van der Waals surface area (Å²) in [4.78, 5) is 0. The molecule has 0 saturated heterocycles. The molecular formula is C13H19F3N2. The molecule has 3 N–H and O–H groups in total. The van der Waals surface area contributed by atoms with E-state index in [1.807, 2.05) is 24.3 Å². The van der Waals surface area contributed by atoms with E-state index in [2.05, 4.69) is 5.32 Å². The van der Waals surface area contributed by atoms with Crippen LogP contribution in [-0.4, -0.2) is 19.3 Å². The second kappa shape index (κ2) is 7.26. The van der Waals surface area contributed by atoms with E-state index < -0.39 is 12.6 Å². The molecule has 0 fully saturated rings. The molecule has 0 aromatic heterocycles. The number of hydrogen-bond donors (Lipinski definition) is 2. The zero-order valence-electron chi connectivity index (χ0n) is 10.3. The maximum Gasteiger partial charge on any atom is 0.389 e. The number of halogens is 3. The molecule has 1 aromatic rings. The second-order valence-corrected chi connectivity index (χ2v) is 4.32. The molecule has 18 heavy (non-hydrogen) atoms. The van der Waals surface area contributed by atoms with Crippen LogP contribution >= 0.6 is 0 Å². The van der Waals surface area contributed by atoms with Gasteiger partial charge in [-0.1, -0.05) is 12.1 Å². The summed E-state index contributed by atoms with van der Waals surface area (Å²) >= 11 is 0. The Balaban J connectivity index is 2.02. The molecule has 2 nitrogen and oxygen atoms in total. The van der Waals surface area contributed by atoms with Crippen molar-refractivity contribution in [1.29, 1.82) is 0 Å². The summed E-state index contributed by atoms with van der Waals surface area (Å²) in [6.45, 7) is 1.38. The van der Waals surface area contributed by atoms with Gasteiger partial charge in [-0.2, -0.15) is 13.2 Å². The number of alkyl halides is 3. The Morgan fingerprint density at radius 3 is 2.56 bits per heavy atom. The monoisotopic (exact) mass is 260 g/mol. The molecule has 0 aliphatic carbocycles. The number of nitrogen functional groups attached to an aromatic ring is 1. The van der Waals surface area contributed by atoms with Crippen LogP contribution in [0, 0.1) is 0 Å². The first-order valence-electron chi connectivity index (χ1n) is 6.09. The SMILES string of the molecule is Nc1cccc(CCNCCCCC(F)(F)F)c1. The van der Waals surface area contributed by atoms with Gasteiger partial charge in [0, 0.05) is 12.1 Å². The summed E-state index contributed by atoms with van der Waals surface area (Å²) in [6, 6.07) is 7.62. The molecule has 0 bridgehead atoms. The molecule has 1 aromatic carbocycles. The minimum Gasteiger partial charge on any atom is -0.399 e. The fourth-order valence-corrected chi connectivity index (χ4v) is 1.68. The first-order valence-corrected chi connectivity index (χ1v) is 6.09. The number of hydrogen-bond acceptors (Lipinski definition) is 2. The zero-order chi connectivity index (χ0) is 13.4. The Morgan fingerprint density at radius 1 is 1.11 bits per heavy atom. The van der Waals surface area contributed by atoms with E-state index in [9.17, 15) is 13.2 Å². The predicted molar refractivity (Wildman–Crippen MR) is 67.3 cm³/mol. The summed E-state index contributed by atoms with van der Waals surface area (Å²) < 4.78 is 35.6. The van der Waals surface area contributed by atoms with Gasteiger partial charge < -0.3 is 11.1 Å².